The van der Waals surface area contributed by atoms with Crippen LogP contribution in [0.5, 0.6) is 5.75 Å². The zero-order valence-electron chi connectivity index (χ0n) is 25.3. The van der Waals surface area contributed by atoms with Gasteiger partial charge in [0.15, 0.2) is 0 Å². The quantitative estimate of drug-likeness (QED) is 0.207. The molecule has 0 heterocycles. The Hall–Kier alpha value is -4.63. The summed E-state index contributed by atoms with van der Waals surface area (Å²) in [6, 6.07) is 31.0. The Balaban J connectivity index is 1.77. The fourth-order valence-electron chi connectivity index (χ4n) is 4.81. The van der Waals surface area contributed by atoms with Crippen LogP contribution in [0.3, 0.4) is 0 Å². The molecule has 0 aliphatic heterocycles. The van der Waals surface area contributed by atoms with Gasteiger partial charge in [0.2, 0.25) is 11.8 Å². The topological polar surface area (TPSA) is 96.0 Å². The number of sulfonamides is 1. The van der Waals surface area contributed by atoms with E-state index in [9.17, 15) is 18.0 Å². The highest BCUT2D eigenvalue weighted by Crippen LogP contribution is 2.26. The standard InChI is InChI=1S/C35H39N3O5S/c1-4-23-36-35(40)33(24-28-11-7-5-8-12-28)37(25-29-13-9-6-10-14-29)34(39)26-38(30-17-15-27(2)16-18-30)44(41,42)32-21-19-31(43-3)20-22-32/h5-22,33H,4,23-26H2,1-3H3,(H,36,40)/t33-/m0/s1. The molecule has 0 aromatic heterocycles. The SMILES string of the molecule is CCCNC(=O)[C@H](Cc1ccccc1)N(Cc1ccccc1)C(=O)CN(c1ccc(C)cc1)S(=O)(=O)c1ccc(OC)cc1. The lowest BCUT2D eigenvalue weighted by Gasteiger charge is -2.34. The van der Waals surface area contributed by atoms with Crippen molar-refractivity contribution < 1.29 is 22.7 Å². The number of nitrogens with one attached hydrogen (secondary N) is 1. The van der Waals surface area contributed by atoms with Gasteiger partial charge in [0.05, 0.1) is 17.7 Å². The summed E-state index contributed by atoms with van der Waals surface area (Å²) in [6.07, 6.45) is 1.00. The van der Waals surface area contributed by atoms with Gasteiger partial charge in [-0.2, -0.15) is 0 Å². The molecule has 0 bridgehead atoms. The minimum Gasteiger partial charge on any atom is -0.497 e. The van der Waals surface area contributed by atoms with Gasteiger partial charge in [0.1, 0.15) is 18.3 Å². The van der Waals surface area contributed by atoms with Gasteiger partial charge >= 0.3 is 0 Å². The molecule has 1 atom stereocenters. The van der Waals surface area contributed by atoms with Gasteiger partial charge in [-0.1, -0.05) is 85.3 Å². The third kappa shape index (κ3) is 8.26. The first-order valence-electron chi connectivity index (χ1n) is 14.6. The maximum atomic E-state index is 14.4. The minimum absolute atomic E-state index is 0.0165. The highest BCUT2D eigenvalue weighted by Gasteiger charge is 2.34. The third-order valence-corrected chi connectivity index (χ3v) is 9.05. The number of methoxy groups -OCH3 is 1. The van der Waals surface area contributed by atoms with Crippen molar-refractivity contribution in [3.63, 3.8) is 0 Å². The highest BCUT2D eigenvalue weighted by molar-refractivity contribution is 7.92. The summed E-state index contributed by atoms with van der Waals surface area (Å²) in [5.74, 6) is -0.281. The molecule has 230 valence electrons. The summed E-state index contributed by atoms with van der Waals surface area (Å²) in [5.41, 5.74) is 3.00. The molecule has 0 saturated carbocycles. The number of ether oxygens (including phenoxy) is 1. The summed E-state index contributed by atoms with van der Waals surface area (Å²) >= 11 is 0. The summed E-state index contributed by atoms with van der Waals surface area (Å²) in [7, 11) is -2.68. The van der Waals surface area contributed by atoms with Crippen LogP contribution in [0.1, 0.15) is 30.0 Å². The van der Waals surface area contributed by atoms with Crippen LogP contribution in [0.25, 0.3) is 0 Å². The summed E-state index contributed by atoms with van der Waals surface area (Å²) in [5, 5.41) is 2.96. The largest absolute Gasteiger partial charge is 0.497 e. The molecule has 4 rings (SSSR count). The van der Waals surface area contributed by atoms with Crippen molar-refractivity contribution in [3.05, 3.63) is 126 Å². The maximum Gasteiger partial charge on any atom is 0.264 e. The molecular weight excluding hydrogens is 574 g/mol. The first-order chi connectivity index (χ1) is 21.2. The monoisotopic (exact) mass is 613 g/mol. The lowest BCUT2D eigenvalue weighted by Crippen LogP contribution is -2.53. The zero-order chi connectivity index (χ0) is 31.5. The van der Waals surface area contributed by atoms with Crippen molar-refractivity contribution in [2.24, 2.45) is 0 Å². The molecule has 0 fully saturated rings. The highest BCUT2D eigenvalue weighted by atomic mass is 32.2. The van der Waals surface area contributed by atoms with Gasteiger partial charge in [0, 0.05) is 19.5 Å². The molecule has 0 radical (unpaired) electrons. The number of anilines is 1. The van der Waals surface area contributed by atoms with Gasteiger partial charge in [-0.15, -0.1) is 0 Å². The Morgan fingerprint density at radius 2 is 1.41 bits per heavy atom. The predicted octanol–water partition coefficient (Wildman–Crippen LogP) is 5.37. The predicted molar refractivity (Wildman–Crippen MR) is 173 cm³/mol. The number of nitrogens with zero attached hydrogens (tertiary/aromatic N) is 2. The molecule has 0 aliphatic rings. The first kappa shape index (κ1) is 32.3. The molecule has 0 spiro atoms. The van der Waals surface area contributed by atoms with Crippen molar-refractivity contribution in [1.29, 1.82) is 0 Å². The zero-order valence-corrected chi connectivity index (χ0v) is 26.2. The summed E-state index contributed by atoms with van der Waals surface area (Å²) in [6.45, 7) is 3.95. The van der Waals surface area contributed by atoms with E-state index in [2.05, 4.69) is 5.32 Å². The van der Waals surface area contributed by atoms with Crippen molar-refractivity contribution in [1.82, 2.24) is 10.2 Å². The smallest absolute Gasteiger partial charge is 0.264 e. The second-order valence-corrected chi connectivity index (χ2v) is 12.4. The van der Waals surface area contributed by atoms with Gasteiger partial charge in [-0.25, -0.2) is 8.42 Å². The van der Waals surface area contributed by atoms with E-state index in [1.165, 1.54) is 24.1 Å². The summed E-state index contributed by atoms with van der Waals surface area (Å²) in [4.78, 5) is 29.6. The van der Waals surface area contributed by atoms with Gasteiger partial charge in [-0.05, 0) is 60.9 Å². The normalized spacial score (nSPS) is 11.8. The second-order valence-electron chi connectivity index (χ2n) is 10.5. The lowest BCUT2D eigenvalue weighted by molar-refractivity contribution is -0.140. The number of rotatable bonds is 14. The second kappa shape index (κ2) is 15.2. The van der Waals surface area contributed by atoms with E-state index in [0.29, 0.717) is 18.0 Å². The molecule has 1 N–H and O–H groups in total. The molecule has 4 aromatic carbocycles. The van der Waals surface area contributed by atoms with E-state index in [0.717, 1.165) is 27.4 Å². The Bertz CT molecular complexity index is 1610. The van der Waals surface area contributed by atoms with Crippen LogP contribution < -0.4 is 14.4 Å². The van der Waals surface area contributed by atoms with Crippen LogP contribution >= 0.6 is 0 Å². The fraction of sp³-hybridized carbons (Fsp3) is 0.257. The van der Waals surface area contributed by atoms with Crippen LogP contribution in [0.2, 0.25) is 0 Å². The molecule has 0 saturated heterocycles. The average Bonchev–Trinajstić information content (AvgIpc) is 3.05. The Kier molecular flexibility index (Phi) is 11.2. The molecule has 4 aromatic rings. The van der Waals surface area contributed by atoms with Crippen LogP contribution in [0.15, 0.2) is 114 Å². The van der Waals surface area contributed by atoms with Gasteiger partial charge < -0.3 is 15.0 Å². The molecule has 0 aliphatic carbocycles. The van der Waals surface area contributed by atoms with E-state index in [-0.39, 0.29) is 23.8 Å². The average molecular weight is 614 g/mol. The van der Waals surface area contributed by atoms with Gasteiger partial charge in [0.25, 0.3) is 10.0 Å². The lowest BCUT2D eigenvalue weighted by atomic mass is 10.0. The number of hydrogen-bond donors (Lipinski definition) is 1. The van der Waals surface area contributed by atoms with E-state index < -0.39 is 28.5 Å². The van der Waals surface area contributed by atoms with Crippen molar-refractivity contribution in [2.45, 2.75) is 44.2 Å². The van der Waals surface area contributed by atoms with Crippen LogP contribution in [-0.2, 0) is 32.6 Å². The van der Waals surface area contributed by atoms with Crippen molar-refractivity contribution in [2.75, 3.05) is 24.5 Å². The number of aryl methyl sites for hydroxylation is 1. The van der Waals surface area contributed by atoms with E-state index in [1.807, 2.05) is 74.5 Å². The number of carbonyl (C=O) groups excluding carboxylic acids is 2. The van der Waals surface area contributed by atoms with Crippen molar-refractivity contribution >= 4 is 27.5 Å². The number of benzene rings is 4. The Morgan fingerprint density at radius 1 is 0.818 bits per heavy atom. The van der Waals surface area contributed by atoms with Crippen molar-refractivity contribution in [3.8, 4) is 5.75 Å². The maximum absolute atomic E-state index is 14.4. The van der Waals surface area contributed by atoms with Crippen LogP contribution in [0.4, 0.5) is 5.69 Å². The van der Waals surface area contributed by atoms with E-state index in [4.69, 9.17) is 4.74 Å². The fourth-order valence-corrected chi connectivity index (χ4v) is 6.23. The third-order valence-electron chi connectivity index (χ3n) is 7.26. The first-order valence-corrected chi connectivity index (χ1v) is 16.1. The van der Waals surface area contributed by atoms with Crippen LogP contribution in [0, 0.1) is 6.92 Å². The molecular formula is C35H39N3O5S. The molecule has 0 unspecified atom stereocenters. The number of carbonyl (C=O) groups is 2. The van der Waals surface area contributed by atoms with Crippen LogP contribution in [-0.4, -0.2) is 51.4 Å². The molecule has 9 heteroatoms. The Labute approximate surface area is 260 Å². The van der Waals surface area contributed by atoms with E-state index in [1.54, 1.807) is 36.4 Å². The van der Waals surface area contributed by atoms with Gasteiger partial charge in [-0.3, -0.25) is 13.9 Å². The molecule has 44 heavy (non-hydrogen) atoms. The Morgan fingerprint density at radius 3 is 1.98 bits per heavy atom. The van der Waals surface area contributed by atoms with E-state index >= 15 is 0 Å². The number of amides is 2. The molecule has 8 nitrogen and oxygen atoms in total. The molecule has 2 amide bonds. The number of hydrogen-bond acceptors (Lipinski definition) is 5. The minimum atomic E-state index is -4.18. The summed E-state index contributed by atoms with van der Waals surface area (Å²) < 4.78 is 34.5.